The predicted molar refractivity (Wildman–Crippen MR) is 128 cm³/mol. The number of hydrogen-bond donors (Lipinski definition) is 0. The van der Waals surface area contributed by atoms with Crippen molar-refractivity contribution in [1.82, 2.24) is 0 Å². The highest BCUT2D eigenvalue weighted by Crippen LogP contribution is 2.38. The van der Waals surface area contributed by atoms with E-state index in [9.17, 15) is 4.79 Å². The van der Waals surface area contributed by atoms with E-state index in [0.717, 1.165) is 44.1 Å². The number of rotatable bonds is 3. The molecule has 0 heterocycles. The Balaban J connectivity index is 1.75. The molecule has 0 amide bonds. The molecule has 0 spiro atoms. The quantitative estimate of drug-likeness (QED) is 0.330. The van der Waals surface area contributed by atoms with Gasteiger partial charge < -0.3 is 0 Å². The third-order valence-corrected chi connectivity index (χ3v) is 6.15. The van der Waals surface area contributed by atoms with Crippen LogP contribution in [-0.4, -0.2) is 5.78 Å². The van der Waals surface area contributed by atoms with Crippen LogP contribution in [0.5, 0.6) is 0 Å². The molecule has 1 saturated carbocycles. The second-order valence-corrected chi connectivity index (χ2v) is 9.13. The largest absolute Gasteiger partial charge is 0.289 e. The SMILES string of the molecule is O=C1/C(=C\c2cccc(Br)c2)CC(c2ccccc2)C/C1=C\c1cccc(Br)c1. The summed E-state index contributed by atoms with van der Waals surface area (Å²) in [5.41, 5.74) is 5.09. The zero-order valence-electron chi connectivity index (χ0n) is 15.8. The molecule has 0 radical (unpaired) electrons. The van der Waals surface area contributed by atoms with E-state index in [1.807, 2.05) is 66.7 Å². The number of Topliss-reactive ketones (excluding diaryl/α,β-unsaturated/α-hetero) is 1. The molecular formula is C26H20Br2O. The van der Waals surface area contributed by atoms with Crippen LogP contribution in [0.25, 0.3) is 12.2 Å². The molecule has 4 rings (SSSR count). The summed E-state index contributed by atoms with van der Waals surface area (Å²) in [4.78, 5) is 13.3. The summed E-state index contributed by atoms with van der Waals surface area (Å²) >= 11 is 7.05. The van der Waals surface area contributed by atoms with Crippen LogP contribution in [0, 0.1) is 0 Å². The van der Waals surface area contributed by atoms with Gasteiger partial charge in [0.05, 0.1) is 0 Å². The molecule has 3 aromatic carbocycles. The van der Waals surface area contributed by atoms with Gasteiger partial charge in [-0.2, -0.15) is 0 Å². The Hall–Kier alpha value is -2.23. The molecule has 0 aromatic heterocycles. The molecule has 1 atom stereocenters. The molecule has 0 N–H and O–H groups in total. The molecule has 3 aromatic rings. The Morgan fingerprint density at radius 3 is 1.69 bits per heavy atom. The highest BCUT2D eigenvalue weighted by Gasteiger charge is 2.28. The number of allylic oxidation sites excluding steroid dienone is 2. The van der Waals surface area contributed by atoms with E-state index in [-0.39, 0.29) is 5.78 Å². The lowest BCUT2D eigenvalue weighted by Crippen LogP contribution is -2.19. The minimum absolute atomic E-state index is 0.150. The molecule has 1 fully saturated rings. The summed E-state index contributed by atoms with van der Waals surface area (Å²) in [5, 5.41) is 0. The average molecular weight is 508 g/mol. The van der Waals surface area contributed by atoms with Crippen molar-refractivity contribution in [2.45, 2.75) is 18.8 Å². The second kappa shape index (κ2) is 9.06. The molecule has 1 aliphatic carbocycles. The molecule has 0 aliphatic heterocycles. The fraction of sp³-hybridized carbons (Fsp3) is 0.115. The minimum Gasteiger partial charge on any atom is -0.289 e. The fourth-order valence-electron chi connectivity index (χ4n) is 3.80. The first-order valence-corrected chi connectivity index (χ1v) is 11.2. The first kappa shape index (κ1) is 20.1. The Morgan fingerprint density at radius 1 is 0.690 bits per heavy atom. The number of halogens is 2. The maximum absolute atomic E-state index is 13.3. The maximum atomic E-state index is 13.3. The maximum Gasteiger partial charge on any atom is 0.185 e. The van der Waals surface area contributed by atoms with Gasteiger partial charge in [0.25, 0.3) is 0 Å². The van der Waals surface area contributed by atoms with Crippen LogP contribution < -0.4 is 0 Å². The number of carbonyl (C=O) groups excluding carboxylic acids is 1. The third kappa shape index (κ3) is 5.04. The van der Waals surface area contributed by atoms with Gasteiger partial charge >= 0.3 is 0 Å². The van der Waals surface area contributed by atoms with Gasteiger partial charge in [-0.25, -0.2) is 0 Å². The minimum atomic E-state index is 0.150. The Labute approximate surface area is 188 Å². The molecule has 1 nitrogen and oxygen atoms in total. The van der Waals surface area contributed by atoms with E-state index in [4.69, 9.17) is 0 Å². The summed E-state index contributed by atoms with van der Waals surface area (Å²) < 4.78 is 2.03. The van der Waals surface area contributed by atoms with E-state index in [2.05, 4.69) is 56.1 Å². The van der Waals surface area contributed by atoms with Crippen LogP contribution in [0.4, 0.5) is 0 Å². The molecule has 0 saturated heterocycles. The van der Waals surface area contributed by atoms with Crippen molar-refractivity contribution < 1.29 is 4.79 Å². The van der Waals surface area contributed by atoms with Crippen LogP contribution >= 0.6 is 31.9 Å². The fourth-order valence-corrected chi connectivity index (χ4v) is 4.63. The van der Waals surface area contributed by atoms with Crippen molar-refractivity contribution in [3.05, 3.63) is 116 Å². The van der Waals surface area contributed by atoms with E-state index < -0.39 is 0 Å². The van der Waals surface area contributed by atoms with Crippen molar-refractivity contribution in [2.75, 3.05) is 0 Å². The lowest BCUT2D eigenvalue weighted by Gasteiger charge is -2.26. The van der Waals surface area contributed by atoms with E-state index >= 15 is 0 Å². The average Bonchev–Trinajstić information content (AvgIpc) is 2.71. The van der Waals surface area contributed by atoms with Crippen molar-refractivity contribution in [3.63, 3.8) is 0 Å². The van der Waals surface area contributed by atoms with Crippen molar-refractivity contribution in [1.29, 1.82) is 0 Å². The van der Waals surface area contributed by atoms with Gasteiger partial charge in [-0.3, -0.25) is 4.79 Å². The Kier molecular flexibility index (Phi) is 6.27. The Morgan fingerprint density at radius 2 is 1.21 bits per heavy atom. The molecule has 0 bridgehead atoms. The molecule has 1 unspecified atom stereocenters. The van der Waals surface area contributed by atoms with Gasteiger partial charge in [0.2, 0.25) is 0 Å². The summed E-state index contributed by atoms with van der Waals surface area (Å²) in [6.45, 7) is 0. The van der Waals surface area contributed by atoms with Gasteiger partial charge in [0.1, 0.15) is 0 Å². The zero-order chi connectivity index (χ0) is 20.2. The van der Waals surface area contributed by atoms with Gasteiger partial charge in [-0.15, -0.1) is 0 Å². The molecule has 144 valence electrons. The highest BCUT2D eigenvalue weighted by molar-refractivity contribution is 9.10. The van der Waals surface area contributed by atoms with E-state index in [1.165, 1.54) is 5.56 Å². The summed E-state index contributed by atoms with van der Waals surface area (Å²) in [6.07, 6.45) is 5.59. The highest BCUT2D eigenvalue weighted by atomic mass is 79.9. The third-order valence-electron chi connectivity index (χ3n) is 5.17. The zero-order valence-corrected chi connectivity index (χ0v) is 19.0. The normalized spacial score (nSPS) is 19.7. The lowest BCUT2D eigenvalue weighted by atomic mass is 9.77. The van der Waals surface area contributed by atoms with E-state index in [0.29, 0.717) is 5.92 Å². The first-order chi connectivity index (χ1) is 14.1. The van der Waals surface area contributed by atoms with Crippen LogP contribution in [0.1, 0.15) is 35.4 Å². The molecule has 1 aliphatic rings. The summed E-state index contributed by atoms with van der Waals surface area (Å²) in [6, 6.07) is 26.6. The molecule has 3 heteroatoms. The predicted octanol–water partition coefficient (Wildman–Crippen LogP) is 7.83. The van der Waals surface area contributed by atoms with Crippen LogP contribution in [0.3, 0.4) is 0 Å². The van der Waals surface area contributed by atoms with Gasteiger partial charge in [0, 0.05) is 20.1 Å². The van der Waals surface area contributed by atoms with Crippen LogP contribution in [-0.2, 0) is 4.79 Å². The number of benzene rings is 3. The number of ketones is 1. The number of hydrogen-bond acceptors (Lipinski definition) is 1. The monoisotopic (exact) mass is 506 g/mol. The lowest BCUT2D eigenvalue weighted by molar-refractivity contribution is -0.113. The molecular weight excluding hydrogens is 488 g/mol. The Bertz CT molecular complexity index is 1030. The van der Waals surface area contributed by atoms with Gasteiger partial charge in [0.15, 0.2) is 5.78 Å². The van der Waals surface area contributed by atoms with Crippen molar-refractivity contribution in [3.8, 4) is 0 Å². The second-order valence-electron chi connectivity index (χ2n) is 7.29. The molecule has 29 heavy (non-hydrogen) atoms. The van der Waals surface area contributed by atoms with E-state index in [1.54, 1.807) is 0 Å². The standard InChI is InChI=1S/C26H20Br2O/c27-24-10-4-6-18(14-24)12-22-16-21(20-8-2-1-3-9-20)17-23(26(22)29)13-19-7-5-11-25(28)15-19/h1-15,21H,16-17H2/b22-12-,23-13+. The van der Waals surface area contributed by atoms with Crippen LogP contribution in [0.2, 0.25) is 0 Å². The first-order valence-electron chi connectivity index (χ1n) is 9.60. The van der Waals surface area contributed by atoms with Gasteiger partial charge in [-0.1, -0.05) is 86.5 Å². The van der Waals surface area contributed by atoms with Gasteiger partial charge in [-0.05, 0) is 71.9 Å². The van der Waals surface area contributed by atoms with Crippen molar-refractivity contribution >= 4 is 49.8 Å². The van der Waals surface area contributed by atoms with Crippen LogP contribution in [0.15, 0.2) is 99.0 Å². The summed E-state index contributed by atoms with van der Waals surface area (Å²) in [5.74, 6) is 0.447. The number of carbonyl (C=O) groups is 1. The smallest absolute Gasteiger partial charge is 0.185 e. The van der Waals surface area contributed by atoms with Crippen molar-refractivity contribution in [2.24, 2.45) is 0 Å². The summed E-state index contributed by atoms with van der Waals surface area (Å²) in [7, 11) is 0. The topological polar surface area (TPSA) is 17.1 Å².